The zero-order valence-electron chi connectivity index (χ0n) is 5.56. The molecule has 56 valence electrons. The van der Waals surface area contributed by atoms with E-state index in [9.17, 15) is 4.79 Å². The Morgan fingerprint density at radius 1 is 1.36 bits per heavy atom. The van der Waals surface area contributed by atoms with E-state index in [2.05, 4.69) is 11.8 Å². The summed E-state index contributed by atoms with van der Waals surface area (Å²) in [7, 11) is 0.445. The fourth-order valence-corrected chi connectivity index (χ4v) is 1.12. The van der Waals surface area contributed by atoms with Gasteiger partial charge in [0.1, 0.15) is 12.0 Å². The quantitative estimate of drug-likeness (QED) is 0.532. The Kier molecular flexibility index (Phi) is 3.14. The average Bonchev–Trinajstić information content (AvgIpc) is 2.07. The molecular weight excluding hydrogens is 179 g/mol. The second kappa shape index (κ2) is 4.16. The fourth-order valence-electron chi connectivity index (χ4n) is 0.650. The van der Waals surface area contributed by atoms with Crippen molar-refractivity contribution in [2.24, 2.45) is 0 Å². The maximum absolute atomic E-state index is 10.2. The molecule has 0 saturated carbocycles. The molecule has 1 rings (SSSR count). The lowest BCUT2D eigenvalue weighted by Gasteiger charge is -1.95. The Balaban J connectivity index is 2.81. The Bertz CT molecular complexity index is 258. The molecule has 1 aromatic rings. The lowest BCUT2D eigenvalue weighted by molar-refractivity contribution is 0.112. The number of rotatable bonds is 3. The van der Waals surface area contributed by atoms with Crippen molar-refractivity contribution in [1.29, 1.82) is 0 Å². The second-order valence-corrected chi connectivity index (χ2v) is 2.63. The van der Waals surface area contributed by atoms with Crippen LogP contribution in [-0.4, -0.2) is 6.29 Å². The van der Waals surface area contributed by atoms with Gasteiger partial charge in [-0.25, -0.2) is 0 Å². The van der Waals surface area contributed by atoms with Gasteiger partial charge in [0.15, 0.2) is 0 Å². The number of carbonyl (C=O) groups excluding carboxylic acids is 1. The van der Waals surface area contributed by atoms with Crippen LogP contribution >= 0.6 is 7.58 Å². The van der Waals surface area contributed by atoms with Gasteiger partial charge in [0, 0.05) is 5.56 Å². The van der Waals surface area contributed by atoms with Gasteiger partial charge in [-0.1, -0.05) is 0 Å². The lowest BCUT2D eigenvalue weighted by Crippen LogP contribution is -1.78. The molecule has 4 heteroatoms. The molecular formula is C7H5O2PS. The third-order valence-electron chi connectivity index (χ3n) is 1.16. The molecule has 2 nitrogen and oxygen atoms in total. The van der Waals surface area contributed by atoms with Crippen LogP contribution in [0.3, 0.4) is 0 Å². The van der Waals surface area contributed by atoms with Crippen LogP contribution < -0.4 is 4.52 Å². The standard InChI is InChI=1S/C7H5O2PS/c8-5-6-1-3-7(4-2-6)9-10-11/h1-5H. The predicted molar refractivity (Wildman–Crippen MR) is 46.7 cm³/mol. The van der Waals surface area contributed by atoms with Crippen molar-refractivity contribution in [3.05, 3.63) is 29.8 Å². The van der Waals surface area contributed by atoms with E-state index < -0.39 is 0 Å². The highest BCUT2D eigenvalue weighted by Crippen LogP contribution is 2.14. The molecule has 0 aliphatic carbocycles. The summed E-state index contributed by atoms with van der Waals surface area (Å²) in [6, 6.07) is 6.79. The maximum atomic E-state index is 10.2. The van der Waals surface area contributed by atoms with Crippen molar-refractivity contribution in [2.75, 3.05) is 0 Å². The molecule has 0 atom stereocenters. The van der Waals surface area contributed by atoms with Crippen LogP contribution in [0.25, 0.3) is 0 Å². The van der Waals surface area contributed by atoms with Crippen molar-refractivity contribution < 1.29 is 9.32 Å². The highest BCUT2D eigenvalue weighted by Gasteiger charge is 1.91. The molecule has 0 saturated heterocycles. The van der Waals surface area contributed by atoms with Gasteiger partial charge in [-0.3, -0.25) is 4.79 Å². The van der Waals surface area contributed by atoms with E-state index in [-0.39, 0.29) is 0 Å². The van der Waals surface area contributed by atoms with Crippen LogP contribution in [0.4, 0.5) is 0 Å². The van der Waals surface area contributed by atoms with Crippen LogP contribution in [0.1, 0.15) is 10.4 Å². The summed E-state index contributed by atoms with van der Waals surface area (Å²) in [6.07, 6.45) is 0.787. The minimum Gasteiger partial charge on any atom is -0.429 e. The molecule has 1 aromatic carbocycles. The van der Waals surface area contributed by atoms with Crippen molar-refractivity contribution in [3.63, 3.8) is 0 Å². The number of benzene rings is 1. The minimum absolute atomic E-state index is 0.445. The third kappa shape index (κ3) is 2.37. The van der Waals surface area contributed by atoms with Crippen molar-refractivity contribution >= 4 is 25.7 Å². The molecule has 0 aliphatic rings. The zero-order chi connectivity index (χ0) is 8.10. The van der Waals surface area contributed by atoms with E-state index in [0.717, 1.165) is 6.29 Å². The maximum Gasteiger partial charge on any atom is 0.205 e. The summed E-state index contributed by atoms with van der Waals surface area (Å²) in [4.78, 5) is 10.2. The van der Waals surface area contributed by atoms with E-state index >= 15 is 0 Å². The van der Waals surface area contributed by atoms with Gasteiger partial charge >= 0.3 is 0 Å². The molecule has 0 aliphatic heterocycles. The van der Waals surface area contributed by atoms with E-state index in [1.54, 1.807) is 24.3 Å². The van der Waals surface area contributed by atoms with Crippen molar-refractivity contribution in [2.45, 2.75) is 0 Å². The molecule has 0 unspecified atom stereocenters. The molecule has 0 radical (unpaired) electrons. The van der Waals surface area contributed by atoms with Gasteiger partial charge in [0.2, 0.25) is 7.58 Å². The van der Waals surface area contributed by atoms with Crippen LogP contribution in [0.15, 0.2) is 24.3 Å². The summed E-state index contributed by atoms with van der Waals surface area (Å²) >= 11 is 4.58. The monoisotopic (exact) mass is 184 g/mol. The minimum atomic E-state index is 0.445. The number of hydrogen-bond acceptors (Lipinski definition) is 3. The normalized spacial score (nSPS) is 9.45. The molecule has 0 aromatic heterocycles. The Morgan fingerprint density at radius 2 is 2.00 bits per heavy atom. The Labute approximate surface area is 71.1 Å². The first kappa shape index (κ1) is 8.31. The van der Waals surface area contributed by atoms with Crippen LogP contribution in [-0.2, 0) is 11.8 Å². The van der Waals surface area contributed by atoms with Gasteiger partial charge < -0.3 is 4.52 Å². The average molecular weight is 184 g/mol. The zero-order valence-corrected chi connectivity index (χ0v) is 7.27. The first-order chi connectivity index (χ1) is 5.36. The SMILES string of the molecule is O=Cc1ccc(OP=S)cc1. The van der Waals surface area contributed by atoms with E-state index in [4.69, 9.17) is 4.52 Å². The number of hydrogen-bond donors (Lipinski definition) is 0. The fraction of sp³-hybridized carbons (Fsp3) is 0. The molecule has 0 N–H and O–H groups in total. The van der Waals surface area contributed by atoms with Crippen molar-refractivity contribution in [1.82, 2.24) is 0 Å². The molecule has 0 bridgehead atoms. The predicted octanol–water partition coefficient (Wildman–Crippen LogP) is 2.20. The van der Waals surface area contributed by atoms with Gasteiger partial charge in [0.05, 0.1) is 0 Å². The molecule has 11 heavy (non-hydrogen) atoms. The van der Waals surface area contributed by atoms with Crippen LogP contribution in [0, 0.1) is 0 Å². The summed E-state index contributed by atoms with van der Waals surface area (Å²) in [5.74, 6) is 0.687. The first-order valence-electron chi connectivity index (χ1n) is 2.92. The molecule has 0 amide bonds. The third-order valence-corrected chi connectivity index (χ3v) is 1.67. The van der Waals surface area contributed by atoms with Crippen LogP contribution in [0.2, 0.25) is 0 Å². The highest BCUT2D eigenvalue weighted by molar-refractivity contribution is 7.94. The number of carbonyl (C=O) groups is 1. The van der Waals surface area contributed by atoms with Gasteiger partial charge in [-0.2, -0.15) is 0 Å². The van der Waals surface area contributed by atoms with Crippen molar-refractivity contribution in [3.8, 4) is 5.75 Å². The molecule has 0 fully saturated rings. The van der Waals surface area contributed by atoms with Gasteiger partial charge in [0.25, 0.3) is 0 Å². The Hall–Kier alpha value is -0.790. The number of aldehydes is 1. The topological polar surface area (TPSA) is 26.3 Å². The second-order valence-electron chi connectivity index (χ2n) is 1.85. The van der Waals surface area contributed by atoms with E-state index in [0.29, 0.717) is 18.9 Å². The van der Waals surface area contributed by atoms with Crippen LogP contribution in [0.5, 0.6) is 5.75 Å². The molecule has 0 spiro atoms. The summed E-state index contributed by atoms with van der Waals surface area (Å²) in [5.41, 5.74) is 0.637. The van der Waals surface area contributed by atoms with E-state index in [1.807, 2.05) is 0 Å². The summed E-state index contributed by atoms with van der Waals surface area (Å²) < 4.78 is 4.98. The van der Waals surface area contributed by atoms with Gasteiger partial charge in [-0.15, -0.1) is 0 Å². The van der Waals surface area contributed by atoms with Gasteiger partial charge in [-0.05, 0) is 36.1 Å². The summed E-state index contributed by atoms with van der Waals surface area (Å²) in [6.45, 7) is 0. The van der Waals surface area contributed by atoms with E-state index in [1.165, 1.54) is 0 Å². The Morgan fingerprint density at radius 3 is 2.45 bits per heavy atom. The molecule has 0 heterocycles. The highest BCUT2D eigenvalue weighted by atomic mass is 32.4. The smallest absolute Gasteiger partial charge is 0.205 e. The largest absolute Gasteiger partial charge is 0.429 e. The summed E-state index contributed by atoms with van der Waals surface area (Å²) in [5, 5.41) is 0. The lowest BCUT2D eigenvalue weighted by atomic mass is 10.2. The first-order valence-corrected chi connectivity index (χ1v) is 4.74.